The molecule has 6 nitrogen and oxygen atoms in total. The number of carbonyl (C=O) groups excluding carboxylic acids is 1. The number of ether oxygens (including phenoxy) is 2. The molecule has 2 N–H and O–H groups in total. The molecule has 1 heterocycles. The van der Waals surface area contributed by atoms with Crippen molar-refractivity contribution in [2.75, 3.05) is 52.3 Å². The van der Waals surface area contributed by atoms with E-state index in [2.05, 4.69) is 12.2 Å². The van der Waals surface area contributed by atoms with Crippen LogP contribution in [-0.2, 0) is 4.79 Å². The van der Waals surface area contributed by atoms with Crippen LogP contribution >= 0.6 is 11.6 Å². The summed E-state index contributed by atoms with van der Waals surface area (Å²) in [7, 11) is 3.13. The molecule has 1 aliphatic rings. The van der Waals surface area contributed by atoms with Crippen molar-refractivity contribution in [2.45, 2.75) is 19.9 Å². The van der Waals surface area contributed by atoms with E-state index in [-0.39, 0.29) is 11.9 Å². The first-order chi connectivity index (χ1) is 11.5. The lowest BCUT2D eigenvalue weighted by molar-refractivity contribution is -0.902. The summed E-state index contributed by atoms with van der Waals surface area (Å²) in [6.07, 6.45) is 0. The summed E-state index contributed by atoms with van der Waals surface area (Å²) in [6.45, 7) is 8.76. The molecule has 1 amide bonds. The maximum Gasteiger partial charge on any atom is 0.245 e. The number of piperazine rings is 1. The summed E-state index contributed by atoms with van der Waals surface area (Å²) < 4.78 is 10.6. The molecular formula is C17H27ClN3O3+. The predicted octanol–water partition coefficient (Wildman–Crippen LogP) is 0.905. The number of quaternary nitrogens is 1. The molecule has 1 atom stereocenters. The van der Waals surface area contributed by atoms with Gasteiger partial charge in [0.05, 0.1) is 57.7 Å². The first-order valence-corrected chi connectivity index (χ1v) is 8.68. The smallest absolute Gasteiger partial charge is 0.245 e. The summed E-state index contributed by atoms with van der Waals surface area (Å²) in [6, 6.07) is 3.08. The Morgan fingerprint density at radius 2 is 1.92 bits per heavy atom. The zero-order chi connectivity index (χ0) is 17.7. The molecule has 1 saturated heterocycles. The van der Waals surface area contributed by atoms with E-state index in [0.717, 1.165) is 32.7 Å². The molecule has 0 unspecified atom stereocenters. The third-order valence-corrected chi connectivity index (χ3v) is 4.79. The number of hydrogen-bond donors (Lipinski definition) is 2. The van der Waals surface area contributed by atoms with Gasteiger partial charge in [-0.2, -0.15) is 0 Å². The number of halogens is 1. The van der Waals surface area contributed by atoms with E-state index in [4.69, 9.17) is 21.1 Å². The lowest BCUT2D eigenvalue weighted by atomic mass is 10.2. The van der Waals surface area contributed by atoms with Gasteiger partial charge in [-0.1, -0.05) is 11.6 Å². The number of hydrogen-bond acceptors (Lipinski definition) is 4. The van der Waals surface area contributed by atoms with E-state index in [1.54, 1.807) is 31.3 Å². The van der Waals surface area contributed by atoms with Gasteiger partial charge in [0.25, 0.3) is 0 Å². The van der Waals surface area contributed by atoms with Crippen LogP contribution in [0.1, 0.15) is 13.8 Å². The molecule has 0 radical (unpaired) electrons. The third-order valence-electron chi connectivity index (χ3n) is 4.50. The Hall–Kier alpha value is -1.66. The van der Waals surface area contributed by atoms with Crippen LogP contribution in [-0.4, -0.2) is 63.8 Å². The maximum atomic E-state index is 12.7. The molecule has 0 aliphatic carbocycles. The molecule has 1 aliphatic heterocycles. The Balaban J connectivity index is 2.05. The molecule has 2 rings (SSSR count). The standard InChI is InChI=1S/C17H26ClN3O3/c1-5-20-6-8-21(9-7-20)17(22)12(2)19-14-10-13(18)15(23-3)11-16(14)24-4/h10-12,19H,5-9H2,1-4H3/p+1/t12-/m0/s1. The second kappa shape index (κ2) is 8.44. The fraction of sp³-hybridized carbons (Fsp3) is 0.588. The summed E-state index contributed by atoms with van der Waals surface area (Å²) in [5.41, 5.74) is 0.682. The fourth-order valence-electron chi connectivity index (χ4n) is 2.94. The van der Waals surface area contributed by atoms with E-state index >= 15 is 0 Å². The highest BCUT2D eigenvalue weighted by Crippen LogP contribution is 2.36. The molecule has 134 valence electrons. The molecule has 24 heavy (non-hydrogen) atoms. The Labute approximate surface area is 148 Å². The molecule has 0 spiro atoms. The number of amides is 1. The number of likely N-dealkylation sites (N-methyl/N-ethyl adjacent to an activating group) is 1. The van der Waals surface area contributed by atoms with Crippen LogP contribution in [0.4, 0.5) is 5.69 Å². The van der Waals surface area contributed by atoms with Crippen LogP contribution < -0.4 is 19.7 Å². The molecular weight excluding hydrogens is 330 g/mol. The predicted molar refractivity (Wildman–Crippen MR) is 95.5 cm³/mol. The molecule has 0 saturated carbocycles. The minimum Gasteiger partial charge on any atom is -0.495 e. The lowest BCUT2D eigenvalue weighted by Gasteiger charge is -2.33. The second-order valence-electron chi connectivity index (χ2n) is 5.98. The Bertz CT molecular complexity index is 574. The van der Waals surface area contributed by atoms with Crippen molar-refractivity contribution >= 4 is 23.2 Å². The van der Waals surface area contributed by atoms with Crippen LogP contribution in [0.5, 0.6) is 11.5 Å². The maximum absolute atomic E-state index is 12.7. The van der Waals surface area contributed by atoms with Crippen LogP contribution in [0.25, 0.3) is 0 Å². The van der Waals surface area contributed by atoms with E-state index in [1.165, 1.54) is 0 Å². The zero-order valence-corrected chi connectivity index (χ0v) is 15.6. The molecule has 1 aromatic rings. The van der Waals surface area contributed by atoms with Crippen molar-refractivity contribution in [3.63, 3.8) is 0 Å². The van der Waals surface area contributed by atoms with Gasteiger partial charge in [0.1, 0.15) is 17.5 Å². The van der Waals surface area contributed by atoms with Crippen molar-refractivity contribution < 1.29 is 19.2 Å². The Kier molecular flexibility index (Phi) is 6.57. The van der Waals surface area contributed by atoms with Crippen molar-refractivity contribution in [1.82, 2.24) is 4.90 Å². The monoisotopic (exact) mass is 356 g/mol. The Morgan fingerprint density at radius 1 is 1.29 bits per heavy atom. The summed E-state index contributed by atoms with van der Waals surface area (Å²) in [4.78, 5) is 16.1. The first-order valence-electron chi connectivity index (χ1n) is 8.30. The number of benzene rings is 1. The van der Waals surface area contributed by atoms with Crippen molar-refractivity contribution in [3.05, 3.63) is 17.2 Å². The molecule has 0 aromatic heterocycles. The van der Waals surface area contributed by atoms with Gasteiger partial charge in [0.15, 0.2) is 0 Å². The van der Waals surface area contributed by atoms with Gasteiger partial charge in [-0.15, -0.1) is 0 Å². The van der Waals surface area contributed by atoms with E-state index in [0.29, 0.717) is 22.2 Å². The quantitative estimate of drug-likeness (QED) is 0.795. The van der Waals surface area contributed by atoms with Crippen molar-refractivity contribution in [2.24, 2.45) is 0 Å². The number of nitrogens with one attached hydrogen (secondary N) is 2. The van der Waals surface area contributed by atoms with Crippen molar-refractivity contribution in [1.29, 1.82) is 0 Å². The van der Waals surface area contributed by atoms with Crippen LogP contribution in [0.2, 0.25) is 5.02 Å². The minimum atomic E-state index is -0.355. The molecule has 7 heteroatoms. The van der Waals surface area contributed by atoms with E-state index in [1.807, 2.05) is 11.8 Å². The zero-order valence-electron chi connectivity index (χ0n) is 14.8. The Morgan fingerprint density at radius 3 is 2.46 bits per heavy atom. The third kappa shape index (κ3) is 4.24. The minimum absolute atomic E-state index is 0.0964. The first kappa shape index (κ1) is 18.7. The van der Waals surface area contributed by atoms with Gasteiger partial charge in [0, 0.05) is 6.07 Å². The molecule has 1 aromatic carbocycles. The van der Waals surface area contributed by atoms with Crippen LogP contribution in [0.3, 0.4) is 0 Å². The number of carbonyl (C=O) groups is 1. The number of methoxy groups -OCH3 is 2. The highest BCUT2D eigenvalue weighted by Gasteiger charge is 2.26. The van der Waals surface area contributed by atoms with E-state index < -0.39 is 0 Å². The van der Waals surface area contributed by atoms with Gasteiger partial charge in [-0.3, -0.25) is 4.79 Å². The van der Waals surface area contributed by atoms with E-state index in [9.17, 15) is 4.79 Å². The van der Waals surface area contributed by atoms with Crippen LogP contribution in [0, 0.1) is 0 Å². The average molecular weight is 357 g/mol. The lowest BCUT2D eigenvalue weighted by Crippen LogP contribution is -3.14. The highest BCUT2D eigenvalue weighted by atomic mass is 35.5. The molecule has 1 fully saturated rings. The highest BCUT2D eigenvalue weighted by molar-refractivity contribution is 6.32. The number of rotatable bonds is 6. The SMILES string of the molecule is CC[NH+]1CCN(C(=O)[C@H](C)Nc2cc(Cl)c(OC)cc2OC)CC1. The molecule has 0 bridgehead atoms. The largest absolute Gasteiger partial charge is 0.495 e. The van der Waals surface area contributed by atoms with Gasteiger partial charge in [-0.05, 0) is 19.9 Å². The number of anilines is 1. The summed E-state index contributed by atoms with van der Waals surface area (Å²) in [5.74, 6) is 1.23. The van der Waals surface area contributed by atoms with Crippen molar-refractivity contribution in [3.8, 4) is 11.5 Å². The summed E-state index contributed by atoms with van der Waals surface area (Å²) >= 11 is 6.18. The average Bonchev–Trinajstić information content (AvgIpc) is 2.61. The van der Waals surface area contributed by atoms with Gasteiger partial charge >= 0.3 is 0 Å². The topological polar surface area (TPSA) is 55.2 Å². The number of nitrogens with zero attached hydrogens (tertiary/aromatic N) is 1. The normalized spacial score (nSPS) is 16.6. The summed E-state index contributed by atoms with van der Waals surface area (Å²) in [5, 5.41) is 3.69. The van der Waals surface area contributed by atoms with Crippen LogP contribution in [0.15, 0.2) is 12.1 Å². The van der Waals surface area contributed by atoms with Gasteiger partial charge in [-0.25, -0.2) is 0 Å². The second-order valence-corrected chi connectivity index (χ2v) is 6.39. The van der Waals surface area contributed by atoms with Gasteiger partial charge < -0.3 is 24.6 Å². The van der Waals surface area contributed by atoms with Gasteiger partial charge in [0.2, 0.25) is 5.91 Å². The fourth-order valence-corrected chi connectivity index (χ4v) is 3.18.